The fraction of sp³-hybridized carbons (Fsp3) is 1.00. The minimum atomic E-state index is 0.129. The predicted molar refractivity (Wildman–Crippen MR) is 84.0 cm³/mol. The van der Waals surface area contributed by atoms with Gasteiger partial charge in [0.15, 0.2) is 0 Å². The van der Waals surface area contributed by atoms with Gasteiger partial charge < -0.3 is 15.2 Å². The van der Waals surface area contributed by atoms with Gasteiger partial charge in [-0.25, -0.2) is 0 Å². The molecule has 1 unspecified atom stereocenters. The van der Waals surface area contributed by atoms with Gasteiger partial charge in [0.25, 0.3) is 0 Å². The molecule has 0 aromatic heterocycles. The lowest BCUT2D eigenvalue weighted by Crippen LogP contribution is -2.53. The lowest BCUT2D eigenvalue weighted by molar-refractivity contribution is -0.0353. The Kier molecular flexibility index (Phi) is 6.92. The van der Waals surface area contributed by atoms with Crippen LogP contribution in [0.4, 0.5) is 0 Å². The smallest absolute Gasteiger partial charge is 0.0558 e. The number of hydrogen-bond acceptors (Lipinski definition) is 4. The fourth-order valence-corrected chi connectivity index (χ4v) is 2.76. The first-order valence-corrected chi connectivity index (χ1v) is 7.96. The zero-order valence-electron chi connectivity index (χ0n) is 14.0. The quantitative estimate of drug-likeness (QED) is 0.750. The Labute approximate surface area is 124 Å². The van der Waals surface area contributed by atoms with Crippen LogP contribution in [0.2, 0.25) is 0 Å². The molecule has 0 saturated carbocycles. The van der Waals surface area contributed by atoms with Crippen LogP contribution >= 0.6 is 0 Å². The van der Waals surface area contributed by atoms with Gasteiger partial charge in [0.1, 0.15) is 0 Å². The van der Waals surface area contributed by atoms with Crippen molar-refractivity contribution >= 4 is 0 Å². The molecule has 2 N–H and O–H groups in total. The molecule has 1 fully saturated rings. The van der Waals surface area contributed by atoms with Crippen LogP contribution in [-0.2, 0) is 4.74 Å². The second-order valence-corrected chi connectivity index (χ2v) is 7.55. The molecule has 1 atom stereocenters. The van der Waals surface area contributed by atoms with E-state index in [2.05, 4.69) is 44.8 Å². The molecular formula is C16H34N2O2. The van der Waals surface area contributed by atoms with Crippen molar-refractivity contribution in [3.63, 3.8) is 0 Å². The molecule has 0 radical (unpaired) electrons. The van der Waals surface area contributed by atoms with E-state index < -0.39 is 0 Å². The maximum Gasteiger partial charge on any atom is 0.0558 e. The summed E-state index contributed by atoms with van der Waals surface area (Å²) < 4.78 is 5.78. The Balaban J connectivity index is 2.71. The molecule has 0 aliphatic carbocycles. The number of ether oxygens (including phenoxy) is 1. The Morgan fingerprint density at radius 2 is 2.05 bits per heavy atom. The van der Waals surface area contributed by atoms with Gasteiger partial charge in [-0.1, -0.05) is 0 Å². The van der Waals surface area contributed by atoms with Gasteiger partial charge in [-0.3, -0.25) is 4.90 Å². The van der Waals surface area contributed by atoms with E-state index in [1.165, 1.54) is 6.42 Å². The average molecular weight is 286 g/mol. The standard InChI is InChI=1S/C16H34N2O2/c1-14(2)18(8-9-19)12-16(7-6-10-20-13-16)11-17-15(3,4)5/h14,17,19H,6-13H2,1-5H3. The van der Waals surface area contributed by atoms with Crippen LogP contribution in [-0.4, -0.2) is 61.0 Å². The number of hydrogen-bond donors (Lipinski definition) is 2. The van der Waals surface area contributed by atoms with Crippen molar-refractivity contribution in [1.82, 2.24) is 10.2 Å². The van der Waals surface area contributed by atoms with E-state index in [-0.39, 0.29) is 17.6 Å². The number of nitrogens with one attached hydrogen (secondary N) is 1. The highest BCUT2D eigenvalue weighted by Gasteiger charge is 2.36. The molecule has 0 bridgehead atoms. The second-order valence-electron chi connectivity index (χ2n) is 7.55. The number of rotatable bonds is 7. The van der Waals surface area contributed by atoms with Crippen LogP contribution in [0.1, 0.15) is 47.5 Å². The summed E-state index contributed by atoms with van der Waals surface area (Å²) >= 11 is 0. The molecule has 4 nitrogen and oxygen atoms in total. The molecular weight excluding hydrogens is 252 g/mol. The Bertz CT molecular complexity index is 268. The lowest BCUT2D eigenvalue weighted by atomic mass is 9.80. The highest BCUT2D eigenvalue weighted by Crippen LogP contribution is 2.30. The minimum absolute atomic E-state index is 0.129. The number of nitrogens with zero attached hydrogens (tertiary/aromatic N) is 1. The second kappa shape index (κ2) is 7.74. The van der Waals surface area contributed by atoms with Crippen LogP contribution in [0.25, 0.3) is 0 Å². The van der Waals surface area contributed by atoms with Crippen LogP contribution in [0.15, 0.2) is 0 Å². The van der Waals surface area contributed by atoms with Gasteiger partial charge in [-0.15, -0.1) is 0 Å². The highest BCUT2D eigenvalue weighted by molar-refractivity contribution is 4.90. The van der Waals surface area contributed by atoms with Crippen LogP contribution in [0.5, 0.6) is 0 Å². The van der Waals surface area contributed by atoms with Crippen molar-refractivity contribution in [2.75, 3.05) is 39.5 Å². The van der Waals surface area contributed by atoms with E-state index in [9.17, 15) is 5.11 Å². The summed E-state index contributed by atoms with van der Waals surface area (Å²) in [7, 11) is 0. The summed E-state index contributed by atoms with van der Waals surface area (Å²) in [6, 6.07) is 0.454. The molecule has 0 spiro atoms. The summed E-state index contributed by atoms with van der Waals surface area (Å²) in [6.07, 6.45) is 2.33. The van der Waals surface area contributed by atoms with E-state index in [0.29, 0.717) is 6.04 Å². The van der Waals surface area contributed by atoms with E-state index in [0.717, 1.165) is 39.3 Å². The highest BCUT2D eigenvalue weighted by atomic mass is 16.5. The van der Waals surface area contributed by atoms with Crippen molar-refractivity contribution in [2.24, 2.45) is 5.41 Å². The van der Waals surface area contributed by atoms with Gasteiger partial charge in [0, 0.05) is 43.2 Å². The van der Waals surface area contributed by atoms with Gasteiger partial charge >= 0.3 is 0 Å². The number of aliphatic hydroxyl groups is 1. The SMILES string of the molecule is CC(C)N(CCO)CC1(CNC(C)(C)C)CCCOC1. The molecule has 1 aliphatic heterocycles. The van der Waals surface area contributed by atoms with Crippen molar-refractivity contribution in [3.05, 3.63) is 0 Å². The third-order valence-electron chi connectivity index (χ3n) is 4.05. The van der Waals surface area contributed by atoms with Crippen molar-refractivity contribution in [2.45, 2.75) is 59.0 Å². The summed E-state index contributed by atoms with van der Waals surface area (Å²) in [5.41, 5.74) is 0.301. The monoisotopic (exact) mass is 286 g/mol. The van der Waals surface area contributed by atoms with Crippen molar-refractivity contribution in [3.8, 4) is 0 Å². The van der Waals surface area contributed by atoms with Crippen molar-refractivity contribution in [1.29, 1.82) is 0 Å². The molecule has 120 valence electrons. The zero-order valence-corrected chi connectivity index (χ0v) is 14.0. The van der Waals surface area contributed by atoms with Gasteiger partial charge in [0.05, 0.1) is 13.2 Å². The molecule has 1 heterocycles. The van der Waals surface area contributed by atoms with Gasteiger partial charge in [0.2, 0.25) is 0 Å². The first kappa shape index (κ1) is 17.9. The molecule has 1 rings (SSSR count). The largest absolute Gasteiger partial charge is 0.395 e. The molecule has 0 amide bonds. The fourth-order valence-electron chi connectivity index (χ4n) is 2.76. The summed E-state index contributed by atoms with van der Waals surface area (Å²) in [5.74, 6) is 0. The first-order valence-electron chi connectivity index (χ1n) is 7.96. The van der Waals surface area contributed by atoms with Crippen LogP contribution in [0, 0.1) is 5.41 Å². The minimum Gasteiger partial charge on any atom is -0.395 e. The molecule has 20 heavy (non-hydrogen) atoms. The van der Waals surface area contributed by atoms with Gasteiger partial charge in [-0.05, 0) is 47.5 Å². The van der Waals surface area contributed by atoms with E-state index >= 15 is 0 Å². The van der Waals surface area contributed by atoms with Crippen molar-refractivity contribution < 1.29 is 9.84 Å². The normalized spacial score (nSPS) is 24.6. The average Bonchev–Trinajstić information content (AvgIpc) is 2.36. The molecule has 4 heteroatoms. The molecule has 1 saturated heterocycles. The maximum absolute atomic E-state index is 9.27. The topological polar surface area (TPSA) is 44.7 Å². The van der Waals surface area contributed by atoms with Gasteiger partial charge in [-0.2, -0.15) is 0 Å². The summed E-state index contributed by atoms with van der Waals surface area (Å²) in [6.45, 7) is 15.7. The first-order chi connectivity index (χ1) is 9.28. The third kappa shape index (κ3) is 6.08. The Hall–Kier alpha value is -0.160. The van der Waals surface area contributed by atoms with E-state index in [1.54, 1.807) is 0 Å². The lowest BCUT2D eigenvalue weighted by Gasteiger charge is -2.43. The predicted octanol–water partition coefficient (Wildman–Crippen LogP) is 1.87. The summed E-state index contributed by atoms with van der Waals surface area (Å²) in [5, 5.41) is 12.9. The Morgan fingerprint density at radius 1 is 1.35 bits per heavy atom. The third-order valence-corrected chi connectivity index (χ3v) is 4.05. The Morgan fingerprint density at radius 3 is 2.50 bits per heavy atom. The zero-order chi connectivity index (χ0) is 15.2. The number of aliphatic hydroxyl groups excluding tert-OH is 1. The molecule has 1 aliphatic rings. The van der Waals surface area contributed by atoms with E-state index in [1.807, 2.05) is 0 Å². The molecule has 0 aromatic rings. The molecule has 0 aromatic carbocycles. The van der Waals surface area contributed by atoms with Crippen LogP contribution < -0.4 is 5.32 Å². The van der Waals surface area contributed by atoms with E-state index in [4.69, 9.17) is 4.74 Å². The van der Waals surface area contributed by atoms with Crippen LogP contribution in [0.3, 0.4) is 0 Å². The summed E-state index contributed by atoms with van der Waals surface area (Å²) in [4.78, 5) is 2.37. The maximum atomic E-state index is 9.27.